The largest absolute Gasteiger partial charge is 0.355 e. The monoisotopic (exact) mass is 172 g/mol. The van der Waals surface area contributed by atoms with Crippen LogP contribution >= 0.6 is 0 Å². The van der Waals surface area contributed by atoms with E-state index in [4.69, 9.17) is 0 Å². The maximum atomic E-state index is 10.5. The lowest BCUT2D eigenvalue weighted by Crippen LogP contribution is -2.42. The van der Waals surface area contributed by atoms with Crippen molar-refractivity contribution in [1.29, 1.82) is 0 Å². The minimum absolute atomic E-state index is 0.0392. The van der Waals surface area contributed by atoms with E-state index in [1.807, 2.05) is 0 Å². The molecule has 3 heteroatoms. The number of nitrogens with one attached hydrogen (secondary N) is 1. The molecular formula is C9H20N2O. The Morgan fingerprint density at radius 1 is 1.42 bits per heavy atom. The molecule has 0 spiro atoms. The van der Waals surface area contributed by atoms with Crippen molar-refractivity contribution in [3.63, 3.8) is 0 Å². The Bertz CT molecular complexity index is 149. The first-order valence-electron chi connectivity index (χ1n) is 4.29. The first-order valence-corrected chi connectivity index (χ1v) is 4.29. The smallest absolute Gasteiger partial charge is 0.216 e. The van der Waals surface area contributed by atoms with Gasteiger partial charge in [-0.2, -0.15) is 0 Å². The molecule has 0 aliphatic carbocycles. The van der Waals surface area contributed by atoms with Crippen molar-refractivity contribution in [1.82, 2.24) is 10.2 Å². The highest BCUT2D eigenvalue weighted by atomic mass is 16.1. The molecule has 0 aromatic rings. The number of hydrogen-bond acceptors (Lipinski definition) is 2. The summed E-state index contributed by atoms with van der Waals surface area (Å²) in [5, 5.41) is 2.77. The number of rotatable bonds is 3. The van der Waals surface area contributed by atoms with Crippen LogP contribution in [0.3, 0.4) is 0 Å². The fourth-order valence-electron chi connectivity index (χ4n) is 0.735. The molecule has 0 unspecified atom stereocenters. The van der Waals surface area contributed by atoms with Crippen molar-refractivity contribution < 1.29 is 4.79 Å². The second kappa shape index (κ2) is 4.45. The minimum atomic E-state index is 0.0392. The molecule has 0 bridgehead atoms. The number of carbonyl (C=O) groups is 1. The standard InChI is InChI=1S/C9H20N2O/c1-8(12)10-6-7-11(5)9(2,3)4/h6-7H2,1-5H3,(H,10,12). The Hall–Kier alpha value is -0.570. The van der Waals surface area contributed by atoms with E-state index in [0.29, 0.717) is 0 Å². The van der Waals surface area contributed by atoms with Gasteiger partial charge >= 0.3 is 0 Å². The van der Waals surface area contributed by atoms with Gasteiger partial charge in [0.2, 0.25) is 5.91 Å². The molecule has 1 N–H and O–H groups in total. The number of amides is 1. The molecule has 0 saturated carbocycles. The molecule has 0 rings (SSSR count). The third-order valence-electron chi connectivity index (χ3n) is 1.97. The molecule has 0 aromatic heterocycles. The van der Waals surface area contributed by atoms with Crippen molar-refractivity contribution in [3.05, 3.63) is 0 Å². The summed E-state index contributed by atoms with van der Waals surface area (Å²) in [6.45, 7) is 9.62. The van der Waals surface area contributed by atoms with E-state index in [2.05, 4.69) is 38.0 Å². The van der Waals surface area contributed by atoms with Crippen LogP contribution in [-0.2, 0) is 4.79 Å². The first kappa shape index (κ1) is 11.4. The molecule has 0 atom stereocenters. The van der Waals surface area contributed by atoms with Crippen molar-refractivity contribution in [2.45, 2.75) is 33.2 Å². The summed E-state index contributed by atoms with van der Waals surface area (Å²) in [6, 6.07) is 0. The lowest BCUT2D eigenvalue weighted by Gasteiger charge is -2.31. The van der Waals surface area contributed by atoms with Gasteiger partial charge in [0.05, 0.1) is 0 Å². The molecule has 0 heterocycles. The van der Waals surface area contributed by atoms with Crippen LogP contribution < -0.4 is 5.32 Å². The zero-order valence-corrected chi connectivity index (χ0v) is 8.77. The average Bonchev–Trinajstić information content (AvgIpc) is 1.84. The summed E-state index contributed by atoms with van der Waals surface area (Å²) in [6.07, 6.45) is 0. The van der Waals surface area contributed by atoms with Gasteiger partial charge in [-0.05, 0) is 27.8 Å². The topological polar surface area (TPSA) is 32.3 Å². The third-order valence-corrected chi connectivity index (χ3v) is 1.97. The van der Waals surface area contributed by atoms with Gasteiger partial charge in [-0.25, -0.2) is 0 Å². The van der Waals surface area contributed by atoms with E-state index in [1.165, 1.54) is 6.92 Å². The zero-order chi connectivity index (χ0) is 9.78. The summed E-state index contributed by atoms with van der Waals surface area (Å²) >= 11 is 0. The number of carbonyl (C=O) groups excluding carboxylic acids is 1. The van der Waals surface area contributed by atoms with Crippen molar-refractivity contribution in [3.8, 4) is 0 Å². The summed E-state index contributed by atoms with van der Waals surface area (Å²) < 4.78 is 0. The van der Waals surface area contributed by atoms with Crippen LogP contribution in [0.4, 0.5) is 0 Å². The number of nitrogens with zero attached hydrogens (tertiary/aromatic N) is 1. The van der Waals surface area contributed by atoms with E-state index in [0.717, 1.165) is 13.1 Å². The van der Waals surface area contributed by atoms with Crippen LogP contribution in [0.25, 0.3) is 0 Å². The van der Waals surface area contributed by atoms with E-state index in [1.54, 1.807) is 0 Å². The highest BCUT2D eigenvalue weighted by Crippen LogP contribution is 2.08. The van der Waals surface area contributed by atoms with E-state index in [-0.39, 0.29) is 11.4 Å². The van der Waals surface area contributed by atoms with Crippen molar-refractivity contribution in [2.24, 2.45) is 0 Å². The molecule has 0 aliphatic rings. The number of likely N-dealkylation sites (N-methyl/N-ethyl adjacent to an activating group) is 1. The normalized spacial score (nSPS) is 11.8. The van der Waals surface area contributed by atoms with Crippen LogP contribution in [0, 0.1) is 0 Å². The maximum Gasteiger partial charge on any atom is 0.216 e. The molecule has 0 aliphatic heterocycles. The van der Waals surface area contributed by atoms with Gasteiger partial charge in [0.1, 0.15) is 0 Å². The molecule has 3 nitrogen and oxygen atoms in total. The Morgan fingerprint density at radius 2 is 1.92 bits per heavy atom. The van der Waals surface area contributed by atoms with Crippen LogP contribution in [0.5, 0.6) is 0 Å². The van der Waals surface area contributed by atoms with Gasteiger partial charge < -0.3 is 5.32 Å². The summed E-state index contributed by atoms with van der Waals surface area (Å²) in [5.74, 6) is 0.0392. The molecule has 0 radical (unpaired) electrons. The quantitative estimate of drug-likeness (QED) is 0.684. The molecule has 0 saturated heterocycles. The molecular weight excluding hydrogens is 152 g/mol. The van der Waals surface area contributed by atoms with Gasteiger partial charge in [0.25, 0.3) is 0 Å². The van der Waals surface area contributed by atoms with Crippen LogP contribution in [0.2, 0.25) is 0 Å². The minimum Gasteiger partial charge on any atom is -0.355 e. The predicted molar refractivity (Wildman–Crippen MR) is 51.1 cm³/mol. The van der Waals surface area contributed by atoms with E-state index < -0.39 is 0 Å². The average molecular weight is 172 g/mol. The van der Waals surface area contributed by atoms with Gasteiger partial charge in [-0.15, -0.1) is 0 Å². The lowest BCUT2D eigenvalue weighted by atomic mass is 10.1. The molecule has 0 aromatic carbocycles. The van der Waals surface area contributed by atoms with Crippen molar-refractivity contribution >= 4 is 5.91 Å². The fraction of sp³-hybridized carbons (Fsp3) is 0.889. The lowest BCUT2D eigenvalue weighted by molar-refractivity contribution is -0.119. The predicted octanol–water partition coefficient (Wildman–Crippen LogP) is 0.853. The van der Waals surface area contributed by atoms with Gasteiger partial charge in [0.15, 0.2) is 0 Å². The summed E-state index contributed by atoms with van der Waals surface area (Å²) in [5.41, 5.74) is 0.179. The van der Waals surface area contributed by atoms with Gasteiger partial charge in [-0.3, -0.25) is 9.69 Å². The van der Waals surface area contributed by atoms with Crippen LogP contribution in [0.1, 0.15) is 27.7 Å². The molecule has 12 heavy (non-hydrogen) atoms. The first-order chi connectivity index (χ1) is 5.34. The van der Waals surface area contributed by atoms with E-state index >= 15 is 0 Å². The Balaban J connectivity index is 3.58. The van der Waals surface area contributed by atoms with Crippen molar-refractivity contribution in [2.75, 3.05) is 20.1 Å². The SMILES string of the molecule is CC(=O)NCCN(C)C(C)(C)C. The second-order valence-electron chi connectivity index (χ2n) is 4.08. The zero-order valence-electron chi connectivity index (χ0n) is 8.77. The highest BCUT2D eigenvalue weighted by Gasteiger charge is 2.15. The molecule has 0 fully saturated rings. The maximum absolute atomic E-state index is 10.5. The van der Waals surface area contributed by atoms with Gasteiger partial charge in [0, 0.05) is 25.6 Å². The molecule has 1 amide bonds. The van der Waals surface area contributed by atoms with Crippen LogP contribution in [-0.4, -0.2) is 36.5 Å². The Kier molecular flexibility index (Phi) is 4.24. The summed E-state index contributed by atoms with van der Waals surface area (Å²) in [7, 11) is 2.06. The van der Waals surface area contributed by atoms with E-state index in [9.17, 15) is 4.79 Å². The number of hydrogen-bond donors (Lipinski definition) is 1. The Morgan fingerprint density at radius 3 is 2.25 bits per heavy atom. The second-order valence-corrected chi connectivity index (χ2v) is 4.08. The third kappa shape index (κ3) is 5.13. The highest BCUT2D eigenvalue weighted by molar-refractivity contribution is 5.72. The summed E-state index contributed by atoms with van der Waals surface area (Å²) in [4.78, 5) is 12.8. The molecule has 72 valence electrons. The van der Waals surface area contributed by atoms with Gasteiger partial charge in [-0.1, -0.05) is 0 Å². The van der Waals surface area contributed by atoms with Crippen LogP contribution in [0.15, 0.2) is 0 Å². The fourth-order valence-corrected chi connectivity index (χ4v) is 0.735. The Labute approximate surface area is 75.1 Å².